The lowest BCUT2D eigenvalue weighted by Crippen LogP contribution is -1.92. The van der Waals surface area contributed by atoms with Crippen molar-refractivity contribution in [2.24, 2.45) is 0 Å². The van der Waals surface area contributed by atoms with E-state index in [4.69, 9.17) is 5.11 Å². The normalized spacial score (nSPS) is 10.0. The molecule has 0 bridgehead atoms. The topological polar surface area (TPSA) is 37.3 Å². The van der Waals surface area contributed by atoms with Crippen molar-refractivity contribution < 1.29 is 9.90 Å². The highest BCUT2D eigenvalue weighted by Crippen LogP contribution is 2.05. The van der Waals surface area contributed by atoms with E-state index in [2.05, 4.69) is 0 Å². The molecule has 0 aliphatic heterocycles. The first-order chi connectivity index (χ1) is 5.27. The van der Waals surface area contributed by atoms with Crippen LogP contribution in [0.25, 0.3) is 0 Å². The van der Waals surface area contributed by atoms with Gasteiger partial charge in [0.05, 0.1) is 0 Å². The Labute approximate surface area is 72.4 Å². The first-order valence-electron chi connectivity index (χ1n) is 3.95. The number of hydrogen-bond donors (Lipinski definition) is 1. The summed E-state index contributed by atoms with van der Waals surface area (Å²) in [5, 5.41) is 8.44. The Kier molecular flexibility index (Phi) is 8.07. The summed E-state index contributed by atoms with van der Waals surface area (Å²) in [4.78, 5) is 10.5. The lowest BCUT2D eigenvalue weighted by molar-refractivity contribution is -0.117. The van der Waals surface area contributed by atoms with E-state index in [-0.39, 0.29) is 12.4 Å². The molecule has 0 aromatic heterocycles. The smallest absolute Gasteiger partial charge is 0.129 e. The number of rotatable bonds is 7. The maximum absolute atomic E-state index is 10.5. The van der Waals surface area contributed by atoms with E-state index in [1.165, 1.54) is 0 Å². The molecule has 0 aromatic rings. The predicted octanol–water partition coefficient (Wildman–Crippen LogP) is 1.47. The Morgan fingerprint density at radius 2 is 2.00 bits per heavy atom. The van der Waals surface area contributed by atoms with Crippen LogP contribution in [0.2, 0.25) is 0 Å². The highest BCUT2D eigenvalue weighted by atomic mass is 32.2. The van der Waals surface area contributed by atoms with Gasteiger partial charge in [-0.15, -0.1) is 0 Å². The third kappa shape index (κ3) is 9.98. The molecule has 0 rings (SSSR count). The van der Waals surface area contributed by atoms with Crippen LogP contribution in [0.15, 0.2) is 0 Å². The first kappa shape index (κ1) is 11.0. The van der Waals surface area contributed by atoms with Crippen LogP contribution in [0.3, 0.4) is 0 Å². The quantitative estimate of drug-likeness (QED) is 0.597. The van der Waals surface area contributed by atoms with Crippen molar-refractivity contribution in [3.05, 3.63) is 0 Å². The standard InChI is InChI=1S/C8H16O2S/c1-8(10)4-2-6-11-7-3-5-9/h9H,2-7H2,1H3. The van der Waals surface area contributed by atoms with Crippen LogP contribution >= 0.6 is 11.8 Å². The molecule has 3 heteroatoms. The van der Waals surface area contributed by atoms with Crippen molar-refractivity contribution in [2.45, 2.75) is 26.2 Å². The lowest BCUT2D eigenvalue weighted by Gasteiger charge is -1.97. The number of carbonyl (C=O) groups excluding carboxylic acids is 1. The zero-order valence-corrected chi connectivity index (χ0v) is 7.82. The fourth-order valence-corrected chi connectivity index (χ4v) is 1.58. The fraction of sp³-hybridized carbons (Fsp3) is 0.875. The summed E-state index contributed by atoms with van der Waals surface area (Å²) >= 11 is 1.81. The summed E-state index contributed by atoms with van der Waals surface area (Å²) in [6, 6.07) is 0. The van der Waals surface area contributed by atoms with Gasteiger partial charge in [0.15, 0.2) is 0 Å². The van der Waals surface area contributed by atoms with E-state index in [1.807, 2.05) is 11.8 Å². The number of carbonyl (C=O) groups is 1. The minimum absolute atomic E-state index is 0.271. The lowest BCUT2D eigenvalue weighted by atomic mass is 10.3. The SMILES string of the molecule is CC(=O)CCCSCCCO. The van der Waals surface area contributed by atoms with Gasteiger partial charge in [0.25, 0.3) is 0 Å². The molecule has 66 valence electrons. The average Bonchev–Trinajstić information content (AvgIpc) is 1.96. The Morgan fingerprint density at radius 3 is 2.55 bits per heavy atom. The number of thioether (sulfide) groups is 1. The molecule has 0 saturated carbocycles. The Bertz CT molecular complexity index is 104. The van der Waals surface area contributed by atoms with Crippen LogP contribution in [0.1, 0.15) is 26.2 Å². The summed E-state index contributed by atoms with van der Waals surface area (Å²) in [7, 11) is 0. The summed E-state index contributed by atoms with van der Waals surface area (Å²) in [5.41, 5.74) is 0. The van der Waals surface area contributed by atoms with Crippen molar-refractivity contribution in [3.8, 4) is 0 Å². The van der Waals surface area contributed by atoms with Crippen molar-refractivity contribution in [2.75, 3.05) is 18.1 Å². The number of ketones is 1. The van der Waals surface area contributed by atoms with E-state index in [1.54, 1.807) is 6.92 Å². The molecule has 0 aromatic carbocycles. The monoisotopic (exact) mass is 176 g/mol. The average molecular weight is 176 g/mol. The van der Waals surface area contributed by atoms with Crippen LogP contribution in [0.5, 0.6) is 0 Å². The van der Waals surface area contributed by atoms with Crippen LogP contribution in [-0.2, 0) is 4.79 Å². The summed E-state index contributed by atoms with van der Waals surface area (Å²) in [6.07, 6.45) is 2.54. The van der Waals surface area contributed by atoms with Crippen molar-refractivity contribution >= 4 is 17.5 Å². The van der Waals surface area contributed by atoms with Crippen LogP contribution in [-0.4, -0.2) is 29.0 Å². The third-order valence-electron chi connectivity index (χ3n) is 1.26. The van der Waals surface area contributed by atoms with Gasteiger partial charge in [0.2, 0.25) is 0 Å². The van der Waals surface area contributed by atoms with E-state index in [0.29, 0.717) is 6.42 Å². The second-order valence-electron chi connectivity index (χ2n) is 2.50. The number of hydrogen-bond acceptors (Lipinski definition) is 3. The summed E-state index contributed by atoms with van der Waals surface area (Å²) < 4.78 is 0. The van der Waals surface area contributed by atoms with Crippen molar-refractivity contribution in [1.82, 2.24) is 0 Å². The van der Waals surface area contributed by atoms with Crippen LogP contribution in [0, 0.1) is 0 Å². The van der Waals surface area contributed by atoms with Gasteiger partial charge >= 0.3 is 0 Å². The molecule has 0 saturated heterocycles. The molecule has 0 aliphatic carbocycles. The molecule has 0 fully saturated rings. The Hall–Kier alpha value is -0.0200. The second-order valence-corrected chi connectivity index (χ2v) is 3.72. The number of aliphatic hydroxyl groups is 1. The Balaban J connectivity index is 2.85. The van der Waals surface area contributed by atoms with Gasteiger partial charge in [-0.05, 0) is 31.3 Å². The van der Waals surface area contributed by atoms with E-state index in [0.717, 1.165) is 24.3 Å². The Morgan fingerprint density at radius 1 is 1.36 bits per heavy atom. The summed E-state index contributed by atoms with van der Waals surface area (Å²) in [5.74, 6) is 2.32. The van der Waals surface area contributed by atoms with Crippen molar-refractivity contribution in [3.63, 3.8) is 0 Å². The maximum atomic E-state index is 10.5. The molecule has 0 amide bonds. The second kappa shape index (κ2) is 8.08. The minimum atomic E-state index is 0.271. The molecule has 1 N–H and O–H groups in total. The molecule has 11 heavy (non-hydrogen) atoms. The van der Waals surface area contributed by atoms with E-state index in [9.17, 15) is 4.79 Å². The molecule has 0 aliphatic rings. The van der Waals surface area contributed by atoms with Gasteiger partial charge in [-0.1, -0.05) is 0 Å². The zero-order valence-electron chi connectivity index (χ0n) is 7.01. The zero-order chi connectivity index (χ0) is 8.53. The molecule has 0 radical (unpaired) electrons. The van der Waals surface area contributed by atoms with Gasteiger partial charge < -0.3 is 9.90 Å². The van der Waals surface area contributed by atoms with Gasteiger partial charge in [0, 0.05) is 13.0 Å². The first-order valence-corrected chi connectivity index (χ1v) is 5.11. The molecule has 0 unspecified atom stereocenters. The van der Waals surface area contributed by atoms with Gasteiger partial charge in [-0.2, -0.15) is 11.8 Å². The van der Waals surface area contributed by atoms with Gasteiger partial charge in [-0.3, -0.25) is 0 Å². The molecular weight excluding hydrogens is 160 g/mol. The minimum Gasteiger partial charge on any atom is -0.396 e. The van der Waals surface area contributed by atoms with Crippen LogP contribution < -0.4 is 0 Å². The fourth-order valence-electron chi connectivity index (χ4n) is 0.692. The van der Waals surface area contributed by atoms with Crippen LogP contribution in [0.4, 0.5) is 0 Å². The third-order valence-corrected chi connectivity index (χ3v) is 2.42. The van der Waals surface area contributed by atoms with E-state index < -0.39 is 0 Å². The highest BCUT2D eigenvalue weighted by Gasteiger charge is 1.93. The number of aliphatic hydroxyl groups excluding tert-OH is 1. The highest BCUT2D eigenvalue weighted by molar-refractivity contribution is 7.99. The predicted molar refractivity (Wildman–Crippen MR) is 48.9 cm³/mol. The van der Waals surface area contributed by atoms with Crippen molar-refractivity contribution in [1.29, 1.82) is 0 Å². The van der Waals surface area contributed by atoms with Gasteiger partial charge in [0.1, 0.15) is 5.78 Å². The summed E-state index contributed by atoms with van der Waals surface area (Å²) in [6.45, 7) is 1.90. The number of Topliss-reactive ketones (excluding diaryl/α,β-unsaturated/α-hetero) is 1. The molecule has 0 heterocycles. The van der Waals surface area contributed by atoms with Gasteiger partial charge in [-0.25, -0.2) is 0 Å². The molecule has 0 spiro atoms. The molecule has 2 nitrogen and oxygen atoms in total. The largest absolute Gasteiger partial charge is 0.396 e. The van der Waals surface area contributed by atoms with E-state index >= 15 is 0 Å². The maximum Gasteiger partial charge on any atom is 0.129 e. The molecular formula is C8H16O2S. The molecule has 0 atom stereocenters.